The highest BCUT2D eigenvalue weighted by molar-refractivity contribution is 6.52. The van der Waals surface area contributed by atoms with Crippen molar-refractivity contribution in [3.05, 3.63) is 138 Å². The van der Waals surface area contributed by atoms with Gasteiger partial charge in [-0.25, -0.2) is 9.69 Å². The number of nitrogens with zero attached hydrogens (tertiary/aromatic N) is 3. The molecule has 0 aliphatic rings. The van der Waals surface area contributed by atoms with Gasteiger partial charge in [-0.1, -0.05) is 66.2 Å². The molecule has 0 atom stereocenters. The zero-order valence-electron chi connectivity index (χ0n) is 21.6. The summed E-state index contributed by atoms with van der Waals surface area (Å²) in [6.07, 6.45) is 2.30. The number of anilines is 1. The maximum atomic E-state index is 13.9. The number of halogens is 1. The molecule has 4 aromatic carbocycles. The highest BCUT2D eigenvalue weighted by Crippen LogP contribution is 2.27. The predicted molar refractivity (Wildman–Crippen MR) is 159 cm³/mol. The Morgan fingerprint density at radius 3 is 2.39 bits per heavy atom. The molecule has 8 heteroatoms. The Morgan fingerprint density at radius 1 is 0.829 bits per heavy atom. The van der Waals surface area contributed by atoms with Crippen molar-refractivity contribution < 1.29 is 19.1 Å². The predicted octanol–water partition coefficient (Wildman–Crippen LogP) is 7.31. The second-order valence-corrected chi connectivity index (χ2v) is 9.78. The molecule has 41 heavy (non-hydrogen) atoms. The summed E-state index contributed by atoms with van der Waals surface area (Å²) >= 11 is 6.04. The maximum Gasteiger partial charge on any atom is 0.427 e. The van der Waals surface area contributed by atoms with E-state index in [2.05, 4.69) is 4.98 Å². The first-order valence-electron chi connectivity index (χ1n) is 12.8. The number of amides is 2. The van der Waals surface area contributed by atoms with E-state index in [1.165, 1.54) is 0 Å². The molecule has 200 valence electrons. The van der Waals surface area contributed by atoms with Crippen LogP contribution in [0.1, 0.15) is 15.9 Å². The van der Waals surface area contributed by atoms with Crippen LogP contribution >= 0.6 is 11.6 Å². The number of hydrogen-bond acceptors (Lipinski definition) is 5. The molecule has 0 aliphatic carbocycles. The van der Waals surface area contributed by atoms with Crippen LogP contribution in [0, 0.1) is 0 Å². The third kappa shape index (κ3) is 5.31. The molecule has 0 bridgehead atoms. The topological polar surface area (TPSA) is 81.5 Å². The first-order valence-corrected chi connectivity index (χ1v) is 13.2. The summed E-state index contributed by atoms with van der Waals surface area (Å²) in [7, 11) is 0. The van der Waals surface area contributed by atoms with E-state index in [0.29, 0.717) is 27.9 Å². The molecule has 2 aromatic heterocycles. The van der Waals surface area contributed by atoms with Crippen molar-refractivity contribution in [1.82, 2.24) is 9.55 Å². The van der Waals surface area contributed by atoms with E-state index in [9.17, 15) is 14.4 Å². The van der Waals surface area contributed by atoms with E-state index in [1.54, 1.807) is 91.3 Å². The minimum absolute atomic E-state index is 0.180. The van der Waals surface area contributed by atoms with Gasteiger partial charge in [0.2, 0.25) is 0 Å². The Kier molecular flexibility index (Phi) is 7.02. The molecule has 6 aromatic rings. The molecule has 6 rings (SSSR count). The van der Waals surface area contributed by atoms with E-state index in [-0.39, 0.29) is 17.0 Å². The van der Waals surface area contributed by atoms with Gasteiger partial charge in [0.05, 0.1) is 16.8 Å². The summed E-state index contributed by atoms with van der Waals surface area (Å²) in [6.45, 7) is 0.455. The van der Waals surface area contributed by atoms with Crippen molar-refractivity contribution in [1.29, 1.82) is 0 Å². The Bertz CT molecular complexity index is 1920. The summed E-state index contributed by atoms with van der Waals surface area (Å²) in [4.78, 5) is 46.3. The Morgan fingerprint density at radius 2 is 1.59 bits per heavy atom. The van der Waals surface area contributed by atoms with Gasteiger partial charge in [0.25, 0.3) is 5.78 Å². The highest BCUT2D eigenvalue weighted by Gasteiger charge is 2.33. The Labute approximate surface area is 240 Å². The van der Waals surface area contributed by atoms with Crippen LogP contribution in [0.5, 0.6) is 5.75 Å². The number of aromatic nitrogens is 2. The van der Waals surface area contributed by atoms with Crippen LogP contribution in [-0.4, -0.2) is 27.3 Å². The lowest BCUT2D eigenvalue weighted by atomic mass is 10.1. The van der Waals surface area contributed by atoms with Gasteiger partial charge in [-0.05, 0) is 60.2 Å². The molecule has 0 spiro atoms. The standard InChI is InChI=1S/C33H22ClN3O4/c34-24-14-12-22(13-15-24)20-36-21-28(27-10-4-5-11-30(27)36)31(38)32(39)37(33(40)41-26-8-2-1-3-9-26)25-16-17-29-23(19-25)7-6-18-35-29/h1-19,21H,20H2. The summed E-state index contributed by atoms with van der Waals surface area (Å²) < 4.78 is 7.41. The third-order valence-corrected chi connectivity index (χ3v) is 6.92. The molecule has 0 unspecified atom stereocenters. The van der Waals surface area contributed by atoms with Crippen LogP contribution in [0.25, 0.3) is 21.8 Å². The number of Topliss-reactive ketones (excluding diaryl/α,β-unsaturated/α-hetero) is 1. The van der Waals surface area contributed by atoms with E-state index in [1.807, 2.05) is 34.9 Å². The minimum atomic E-state index is -1.04. The molecular formula is C33H22ClN3O4. The number of carbonyl (C=O) groups is 3. The average molecular weight is 560 g/mol. The van der Waals surface area contributed by atoms with E-state index >= 15 is 0 Å². The van der Waals surface area contributed by atoms with Gasteiger partial charge < -0.3 is 9.30 Å². The van der Waals surface area contributed by atoms with Gasteiger partial charge in [-0.2, -0.15) is 0 Å². The zero-order valence-corrected chi connectivity index (χ0v) is 22.4. The Balaban J connectivity index is 1.40. The number of fused-ring (bicyclic) bond motifs is 2. The molecule has 0 aliphatic heterocycles. The fraction of sp³-hybridized carbons (Fsp3) is 0.0303. The lowest BCUT2D eigenvalue weighted by Gasteiger charge is -2.20. The minimum Gasteiger partial charge on any atom is -0.410 e. The molecule has 2 heterocycles. The number of para-hydroxylation sites is 2. The van der Waals surface area contributed by atoms with Crippen molar-refractivity contribution in [3.8, 4) is 5.75 Å². The van der Waals surface area contributed by atoms with Gasteiger partial charge in [-0.15, -0.1) is 0 Å². The number of imide groups is 1. The van der Waals surface area contributed by atoms with Crippen LogP contribution in [0.2, 0.25) is 5.02 Å². The summed E-state index contributed by atoms with van der Waals surface area (Å²) in [6, 6.07) is 31.5. The molecular weight excluding hydrogens is 538 g/mol. The van der Waals surface area contributed by atoms with Crippen LogP contribution in [0.4, 0.5) is 10.5 Å². The zero-order chi connectivity index (χ0) is 28.3. The second-order valence-electron chi connectivity index (χ2n) is 9.35. The fourth-order valence-electron chi connectivity index (χ4n) is 4.70. The largest absolute Gasteiger partial charge is 0.427 e. The Hall–Kier alpha value is -5.27. The van der Waals surface area contributed by atoms with E-state index in [0.717, 1.165) is 16.0 Å². The van der Waals surface area contributed by atoms with Crippen LogP contribution in [-0.2, 0) is 11.3 Å². The van der Waals surface area contributed by atoms with Gasteiger partial charge in [0.15, 0.2) is 0 Å². The number of pyridine rings is 1. The first kappa shape index (κ1) is 26.0. The van der Waals surface area contributed by atoms with Crippen LogP contribution in [0.15, 0.2) is 122 Å². The number of rotatable bonds is 6. The number of benzene rings is 4. The second kappa shape index (κ2) is 11.1. The van der Waals surface area contributed by atoms with Crippen LogP contribution in [0.3, 0.4) is 0 Å². The molecule has 0 fully saturated rings. The van der Waals surface area contributed by atoms with Crippen molar-refractivity contribution >= 4 is 56.9 Å². The monoisotopic (exact) mass is 559 g/mol. The first-order chi connectivity index (χ1) is 20.0. The number of ether oxygens (including phenoxy) is 1. The summed E-state index contributed by atoms with van der Waals surface area (Å²) in [5.41, 5.74) is 2.79. The van der Waals surface area contributed by atoms with E-state index in [4.69, 9.17) is 16.3 Å². The number of carbonyl (C=O) groups excluding carboxylic acids is 3. The SMILES string of the molecule is O=C(C(=O)N(C(=O)Oc1ccccc1)c1ccc2ncccc2c1)c1cn(Cc2ccc(Cl)cc2)c2ccccc12. The molecule has 0 saturated carbocycles. The fourth-order valence-corrected chi connectivity index (χ4v) is 4.83. The van der Waals surface area contributed by atoms with Gasteiger partial charge >= 0.3 is 12.0 Å². The number of hydrogen-bond donors (Lipinski definition) is 0. The maximum absolute atomic E-state index is 13.9. The van der Waals surface area contributed by atoms with Crippen molar-refractivity contribution in [2.45, 2.75) is 6.54 Å². The molecule has 2 amide bonds. The van der Waals surface area contributed by atoms with Gasteiger partial charge in [0, 0.05) is 40.3 Å². The lowest BCUT2D eigenvalue weighted by Crippen LogP contribution is -2.43. The number of ketones is 1. The smallest absolute Gasteiger partial charge is 0.410 e. The van der Waals surface area contributed by atoms with Crippen molar-refractivity contribution in [3.63, 3.8) is 0 Å². The molecule has 7 nitrogen and oxygen atoms in total. The summed E-state index contributed by atoms with van der Waals surface area (Å²) in [5, 5.41) is 1.92. The van der Waals surface area contributed by atoms with Gasteiger partial charge in [0.1, 0.15) is 5.75 Å². The molecule has 0 saturated heterocycles. The quantitative estimate of drug-likeness (QED) is 0.158. The normalized spacial score (nSPS) is 11.0. The van der Waals surface area contributed by atoms with Gasteiger partial charge in [-0.3, -0.25) is 14.6 Å². The lowest BCUT2D eigenvalue weighted by molar-refractivity contribution is -0.114. The van der Waals surface area contributed by atoms with Crippen LogP contribution < -0.4 is 9.64 Å². The van der Waals surface area contributed by atoms with Crippen molar-refractivity contribution in [2.75, 3.05) is 4.90 Å². The molecule has 0 radical (unpaired) electrons. The average Bonchev–Trinajstić information content (AvgIpc) is 3.36. The van der Waals surface area contributed by atoms with E-state index < -0.39 is 17.8 Å². The third-order valence-electron chi connectivity index (χ3n) is 6.67. The molecule has 0 N–H and O–H groups in total. The summed E-state index contributed by atoms with van der Waals surface area (Å²) in [5.74, 6) is -1.64. The van der Waals surface area contributed by atoms with Crippen molar-refractivity contribution in [2.24, 2.45) is 0 Å². The highest BCUT2D eigenvalue weighted by atomic mass is 35.5.